The number of unbranched alkanes of at least 4 members (excludes halogenated alkanes) is 1. The Balaban J connectivity index is 2.19. The van der Waals surface area contributed by atoms with Gasteiger partial charge >= 0.3 is 0 Å². The molecule has 0 radical (unpaired) electrons. The van der Waals surface area contributed by atoms with Crippen LogP contribution < -0.4 is 0 Å². The molecule has 4 heteroatoms. The molecule has 0 unspecified atom stereocenters. The second kappa shape index (κ2) is 8.18. The maximum atomic E-state index is 13.4. The zero-order valence-electron chi connectivity index (χ0n) is 16.0. The second-order valence-corrected chi connectivity index (χ2v) is 11.0. The Hall–Kier alpha value is -0.610. The van der Waals surface area contributed by atoms with Gasteiger partial charge in [-0.2, -0.15) is 0 Å². The number of allylic oxidation sites excluding steroid dienone is 2. The number of rotatable bonds is 5. The van der Waals surface area contributed by atoms with Crippen molar-refractivity contribution in [2.24, 2.45) is 5.41 Å². The van der Waals surface area contributed by atoms with Crippen molar-refractivity contribution in [3.8, 4) is 0 Å². The molecule has 0 N–H and O–H groups in total. The molecule has 3 atom stereocenters. The largest absolute Gasteiger partial charge is 0.224 e. The van der Waals surface area contributed by atoms with E-state index < -0.39 is 9.84 Å². The maximum absolute atomic E-state index is 13.4. The van der Waals surface area contributed by atoms with Gasteiger partial charge in [0.1, 0.15) is 0 Å². The fourth-order valence-corrected chi connectivity index (χ4v) is 8.65. The van der Waals surface area contributed by atoms with Crippen molar-refractivity contribution in [2.75, 3.05) is 5.75 Å². The lowest BCUT2D eigenvalue weighted by Gasteiger charge is -2.40. The van der Waals surface area contributed by atoms with Crippen molar-refractivity contribution in [3.05, 3.63) is 41.5 Å². The molecule has 0 spiro atoms. The minimum atomic E-state index is -3.29. The topological polar surface area (TPSA) is 34.1 Å². The van der Waals surface area contributed by atoms with E-state index in [9.17, 15) is 8.42 Å². The maximum Gasteiger partial charge on any atom is 0.179 e. The molecular formula is C22H31BrO2S. The second-order valence-electron chi connectivity index (χ2n) is 8.02. The minimum Gasteiger partial charge on any atom is -0.224 e. The summed E-state index contributed by atoms with van der Waals surface area (Å²) in [6.07, 6.45) is 11.1. The molecule has 0 saturated carbocycles. The number of benzene rings is 1. The summed E-state index contributed by atoms with van der Waals surface area (Å²) < 4.78 is 26.7. The van der Waals surface area contributed by atoms with Crippen molar-refractivity contribution in [2.45, 2.75) is 80.9 Å². The quantitative estimate of drug-likeness (QED) is 0.393. The molecule has 0 bridgehead atoms. The van der Waals surface area contributed by atoms with E-state index in [0.29, 0.717) is 4.90 Å². The lowest BCUT2D eigenvalue weighted by atomic mass is 9.70. The molecule has 0 amide bonds. The summed E-state index contributed by atoms with van der Waals surface area (Å²) in [7, 11) is -3.29. The zero-order valence-corrected chi connectivity index (χ0v) is 18.4. The highest BCUT2D eigenvalue weighted by molar-refractivity contribution is 9.09. The number of halogens is 1. The van der Waals surface area contributed by atoms with Crippen LogP contribution in [0.1, 0.15) is 76.7 Å². The van der Waals surface area contributed by atoms with Crippen molar-refractivity contribution >= 4 is 25.8 Å². The van der Waals surface area contributed by atoms with Crippen molar-refractivity contribution < 1.29 is 8.42 Å². The minimum absolute atomic E-state index is 0.161. The highest BCUT2D eigenvalue weighted by atomic mass is 79.9. The van der Waals surface area contributed by atoms with Crippen LogP contribution in [-0.2, 0) is 9.84 Å². The van der Waals surface area contributed by atoms with Crippen LogP contribution >= 0.6 is 15.9 Å². The Morgan fingerprint density at radius 1 is 1.19 bits per heavy atom. The number of sulfone groups is 1. The Morgan fingerprint density at radius 2 is 1.96 bits per heavy atom. The average Bonchev–Trinajstić information content (AvgIpc) is 2.73. The van der Waals surface area contributed by atoms with Crippen molar-refractivity contribution in [3.63, 3.8) is 0 Å². The van der Waals surface area contributed by atoms with Gasteiger partial charge in [0.25, 0.3) is 0 Å². The summed E-state index contributed by atoms with van der Waals surface area (Å²) in [6.45, 7) is 4.36. The average molecular weight is 439 g/mol. The summed E-state index contributed by atoms with van der Waals surface area (Å²) in [5, 5.41) is 0. The van der Waals surface area contributed by atoms with Gasteiger partial charge in [0, 0.05) is 10.7 Å². The van der Waals surface area contributed by atoms with Gasteiger partial charge in [0.15, 0.2) is 9.84 Å². The van der Waals surface area contributed by atoms with Gasteiger partial charge in [0.05, 0.1) is 10.6 Å². The van der Waals surface area contributed by atoms with E-state index in [-0.39, 0.29) is 21.9 Å². The molecule has 2 nitrogen and oxygen atoms in total. The molecule has 3 rings (SSSR count). The van der Waals surface area contributed by atoms with Crippen LogP contribution in [0.25, 0.3) is 0 Å². The number of fused-ring (bicyclic) bond motifs is 1. The van der Waals surface area contributed by atoms with Crippen LogP contribution in [0.2, 0.25) is 0 Å². The van der Waals surface area contributed by atoms with Crippen molar-refractivity contribution in [1.82, 2.24) is 0 Å². The standard InChI is InChI=1S/C22H31BrO2S/c1-3-5-15-22(4-2)16-26(24,25)19-14-10-9-13-18(19)20(21(22)23)17-11-7-6-8-12-17/h9-11,13-14,20-21H,3-8,12,15-16H2,1-2H3/t20-,21-,22-/m1/s1. The highest BCUT2D eigenvalue weighted by Crippen LogP contribution is 2.53. The number of alkyl halides is 1. The lowest BCUT2D eigenvalue weighted by molar-refractivity contribution is 0.259. The summed E-state index contributed by atoms with van der Waals surface area (Å²) in [5.41, 5.74) is 2.24. The Bertz CT molecular complexity index is 768. The summed E-state index contributed by atoms with van der Waals surface area (Å²) >= 11 is 4.07. The van der Waals surface area contributed by atoms with Crippen LogP contribution in [0, 0.1) is 5.41 Å². The molecule has 1 aromatic carbocycles. The smallest absolute Gasteiger partial charge is 0.179 e. The van der Waals surface area contributed by atoms with Crippen LogP contribution in [0.4, 0.5) is 0 Å². The summed E-state index contributed by atoms with van der Waals surface area (Å²) in [5.74, 6) is 0.424. The molecule has 1 aliphatic heterocycles. The van der Waals surface area contributed by atoms with Crippen LogP contribution in [0.15, 0.2) is 40.8 Å². The van der Waals surface area contributed by atoms with E-state index in [4.69, 9.17) is 0 Å². The number of hydrogen-bond donors (Lipinski definition) is 0. The van der Waals surface area contributed by atoms with E-state index in [2.05, 4.69) is 35.9 Å². The predicted molar refractivity (Wildman–Crippen MR) is 113 cm³/mol. The highest BCUT2D eigenvalue weighted by Gasteiger charge is 2.48. The molecule has 144 valence electrons. The van der Waals surface area contributed by atoms with E-state index in [1.165, 1.54) is 18.4 Å². The van der Waals surface area contributed by atoms with Gasteiger partial charge in [-0.25, -0.2) is 8.42 Å². The van der Waals surface area contributed by atoms with Crippen LogP contribution in [0.3, 0.4) is 0 Å². The lowest BCUT2D eigenvalue weighted by Crippen LogP contribution is -2.39. The molecule has 26 heavy (non-hydrogen) atoms. The van der Waals surface area contributed by atoms with Gasteiger partial charge in [-0.1, -0.05) is 72.5 Å². The normalized spacial score (nSPS) is 31.0. The zero-order chi connectivity index (χ0) is 18.8. The van der Waals surface area contributed by atoms with E-state index in [0.717, 1.165) is 44.1 Å². The monoisotopic (exact) mass is 438 g/mol. The van der Waals surface area contributed by atoms with Gasteiger partial charge in [-0.15, -0.1) is 0 Å². The van der Waals surface area contributed by atoms with E-state index >= 15 is 0 Å². The first-order chi connectivity index (χ1) is 12.4. The van der Waals surface area contributed by atoms with Crippen LogP contribution in [0.5, 0.6) is 0 Å². The SMILES string of the molecule is CCCC[C@]1(CC)CS(=O)(=O)c2ccccc2[C@@H](C2=CCCCC2)[C@H]1Br. The molecule has 0 fully saturated rings. The summed E-state index contributed by atoms with van der Waals surface area (Å²) in [4.78, 5) is 0.724. The van der Waals surface area contributed by atoms with Gasteiger partial charge < -0.3 is 0 Å². The first-order valence-corrected chi connectivity index (χ1v) is 12.7. The molecule has 1 heterocycles. The van der Waals surface area contributed by atoms with E-state index in [1.807, 2.05) is 24.3 Å². The molecule has 1 aromatic rings. The molecule has 2 aliphatic rings. The van der Waals surface area contributed by atoms with E-state index in [1.54, 1.807) is 0 Å². The Kier molecular flexibility index (Phi) is 6.33. The Labute approximate surface area is 167 Å². The van der Waals surface area contributed by atoms with Crippen LogP contribution in [-0.4, -0.2) is 19.0 Å². The predicted octanol–water partition coefficient (Wildman–Crippen LogP) is 6.41. The number of hydrogen-bond acceptors (Lipinski definition) is 2. The third-order valence-corrected chi connectivity index (χ3v) is 9.90. The van der Waals surface area contributed by atoms with Gasteiger partial charge in [-0.05, 0) is 55.6 Å². The fourth-order valence-electron chi connectivity index (χ4n) is 4.81. The third-order valence-electron chi connectivity index (χ3n) is 6.40. The third kappa shape index (κ3) is 3.69. The van der Waals surface area contributed by atoms with Gasteiger partial charge in [-0.3, -0.25) is 0 Å². The molecule has 0 saturated heterocycles. The molecule has 1 aliphatic carbocycles. The van der Waals surface area contributed by atoms with Gasteiger partial charge in [0.2, 0.25) is 0 Å². The van der Waals surface area contributed by atoms with Crippen molar-refractivity contribution in [1.29, 1.82) is 0 Å². The summed E-state index contributed by atoms with van der Waals surface area (Å²) in [6, 6.07) is 7.74. The Morgan fingerprint density at radius 3 is 2.62 bits per heavy atom. The molecular weight excluding hydrogens is 408 g/mol. The first-order valence-electron chi connectivity index (χ1n) is 10.1. The fraction of sp³-hybridized carbons (Fsp3) is 0.636. The first kappa shape index (κ1) is 20.1. The molecule has 0 aromatic heterocycles.